The first-order chi connectivity index (χ1) is 5.95. The lowest BCUT2D eigenvalue weighted by Gasteiger charge is -2.05. The van der Waals surface area contributed by atoms with Gasteiger partial charge in [-0.15, -0.1) is 4.91 Å². The SMILES string of the molecule is [B]c1ncc(C(F)(F)F)nc1N=O. The summed E-state index contributed by atoms with van der Waals surface area (Å²) in [5, 5.41) is 2.20. The Morgan fingerprint density at radius 3 is 2.54 bits per heavy atom. The Hall–Kier alpha value is -1.47. The molecule has 0 aromatic carbocycles. The molecule has 0 unspecified atom stereocenters. The van der Waals surface area contributed by atoms with E-state index in [1.54, 1.807) is 0 Å². The molecule has 1 aromatic rings. The molecule has 0 N–H and O–H groups in total. The topological polar surface area (TPSA) is 55.2 Å². The molecule has 1 heterocycles. The molecule has 0 amide bonds. The predicted molar refractivity (Wildman–Crippen MR) is 37.9 cm³/mol. The van der Waals surface area contributed by atoms with Gasteiger partial charge in [-0.2, -0.15) is 13.2 Å². The first kappa shape index (κ1) is 9.62. The number of alkyl halides is 3. The standard InChI is InChI=1S/C5HBF3N3O/c6-3-4(12-13)11-2(1-10-3)5(7,8)9/h1H. The van der Waals surface area contributed by atoms with Gasteiger partial charge in [0.15, 0.2) is 5.69 Å². The molecular formula is C5HBF3N3O. The van der Waals surface area contributed by atoms with Crippen LogP contribution in [-0.4, -0.2) is 17.8 Å². The Kier molecular flexibility index (Phi) is 2.31. The molecular weight excluding hydrogens is 186 g/mol. The molecule has 0 atom stereocenters. The van der Waals surface area contributed by atoms with Crippen molar-refractivity contribution in [2.24, 2.45) is 5.18 Å². The van der Waals surface area contributed by atoms with Crippen molar-refractivity contribution in [3.63, 3.8) is 0 Å². The average molecular weight is 187 g/mol. The van der Waals surface area contributed by atoms with Gasteiger partial charge < -0.3 is 0 Å². The molecule has 0 aliphatic carbocycles. The zero-order valence-electron chi connectivity index (χ0n) is 6.04. The summed E-state index contributed by atoms with van der Waals surface area (Å²) in [6.45, 7) is 0. The maximum absolute atomic E-state index is 11.9. The smallest absolute Gasteiger partial charge is 0.267 e. The van der Waals surface area contributed by atoms with Gasteiger partial charge in [-0.05, 0) is 5.18 Å². The molecule has 0 saturated carbocycles. The van der Waals surface area contributed by atoms with E-state index in [1.165, 1.54) is 0 Å². The van der Waals surface area contributed by atoms with E-state index in [2.05, 4.69) is 15.1 Å². The van der Waals surface area contributed by atoms with Crippen LogP contribution >= 0.6 is 0 Å². The molecule has 1 rings (SSSR count). The van der Waals surface area contributed by atoms with Crippen LogP contribution in [0.25, 0.3) is 0 Å². The molecule has 2 radical (unpaired) electrons. The maximum Gasteiger partial charge on any atom is 0.434 e. The molecule has 13 heavy (non-hydrogen) atoms. The Morgan fingerprint density at radius 1 is 1.46 bits per heavy atom. The van der Waals surface area contributed by atoms with Gasteiger partial charge in [-0.1, -0.05) is 0 Å². The third-order valence-corrected chi connectivity index (χ3v) is 1.16. The zero-order chi connectivity index (χ0) is 10.1. The van der Waals surface area contributed by atoms with E-state index in [0.29, 0.717) is 6.20 Å². The summed E-state index contributed by atoms with van der Waals surface area (Å²) in [6.07, 6.45) is -4.22. The summed E-state index contributed by atoms with van der Waals surface area (Å²) >= 11 is 0. The van der Waals surface area contributed by atoms with Crippen LogP contribution in [0.1, 0.15) is 5.69 Å². The largest absolute Gasteiger partial charge is 0.434 e. The van der Waals surface area contributed by atoms with E-state index in [1.807, 2.05) is 0 Å². The number of aromatic nitrogens is 2. The lowest BCUT2D eigenvalue weighted by molar-refractivity contribution is -0.141. The van der Waals surface area contributed by atoms with E-state index in [9.17, 15) is 18.1 Å². The van der Waals surface area contributed by atoms with Crippen LogP contribution in [0.5, 0.6) is 0 Å². The highest BCUT2D eigenvalue weighted by Crippen LogP contribution is 2.27. The van der Waals surface area contributed by atoms with Crippen molar-refractivity contribution in [2.75, 3.05) is 0 Å². The van der Waals surface area contributed by atoms with Crippen molar-refractivity contribution in [1.29, 1.82) is 0 Å². The molecule has 66 valence electrons. The van der Waals surface area contributed by atoms with Crippen LogP contribution in [-0.2, 0) is 6.18 Å². The second kappa shape index (κ2) is 3.12. The number of hydrogen-bond acceptors (Lipinski definition) is 4. The van der Waals surface area contributed by atoms with Gasteiger partial charge in [0.25, 0.3) is 0 Å². The Bertz CT molecular complexity index is 340. The second-order valence-electron chi connectivity index (χ2n) is 2.05. The van der Waals surface area contributed by atoms with E-state index in [-0.39, 0.29) is 0 Å². The van der Waals surface area contributed by atoms with Crippen LogP contribution in [0.2, 0.25) is 0 Å². The number of hydrogen-bond donors (Lipinski definition) is 0. The molecule has 8 heteroatoms. The summed E-state index contributed by atoms with van der Waals surface area (Å²) < 4.78 is 35.8. The summed E-state index contributed by atoms with van der Waals surface area (Å²) in [4.78, 5) is 15.9. The Morgan fingerprint density at radius 2 is 2.08 bits per heavy atom. The van der Waals surface area contributed by atoms with Gasteiger partial charge in [-0.25, -0.2) is 4.98 Å². The minimum Gasteiger partial charge on any atom is -0.267 e. The van der Waals surface area contributed by atoms with Crippen molar-refractivity contribution < 1.29 is 13.2 Å². The first-order valence-corrected chi connectivity index (χ1v) is 2.98. The molecule has 0 aliphatic rings. The van der Waals surface area contributed by atoms with Crippen LogP contribution in [0.4, 0.5) is 19.0 Å². The monoisotopic (exact) mass is 187 g/mol. The molecule has 0 saturated heterocycles. The van der Waals surface area contributed by atoms with Crippen LogP contribution in [0, 0.1) is 4.91 Å². The molecule has 0 bridgehead atoms. The minimum atomic E-state index is -4.65. The fourth-order valence-electron chi connectivity index (χ4n) is 0.592. The van der Waals surface area contributed by atoms with Crippen molar-refractivity contribution in [3.8, 4) is 0 Å². The summed E-state index contributed by atoms with van der Waals surface area (Å²) in [5.41, 5.74) is -1.72. The lowest BCUT2D eigenvalue weighted by Crippen LogP contribution is -2.16. The molecule has 4 nitrogen and oxygen atoms in total. The highest BCUT2D eigenvalue weighted by atomic mass is 19.4. The highest BCUT2D eigenvalue weighted by Gasteiger charge is 2.33. The van der Waals surface area contributed by atoms with Crippen LogP contribution < -0.4 is 5.59 Å². The van der Waals surface area contributed by atoms with Gasteiger partial charge in [0.1, 0.15) is 7.85 Å². The molecule has 0 spiro atoms. The summed E-state index contributed by atoms with van der Waals surface area (Å²) in [5.74, 6) is -0.755. The number of halogens is 3. The van der Waals surface area contributed by atoms with Gasteiger partial charge in [0.2, 0.25) is 5.82 Å². The van der Waals surface area contributed by atoms with Gasteiger partial charge in [0.05, 0.1) is 6.20 Å². The quantitative estimate of drug-likeness (QED) is 0.479. The first-order valence-electron chi connectivity index (χ1n) is 2.98. The predicted octanol–water partition coefficient (Wildman–Crippen LogP) is 0.687. The van der Waals surface area contributed by atoms with Crippen molar-refractivity contribution >= 4 is 19.3 Å². The van der Waals surface area contributed by atoms with E-state index < -0.39 is 23.3 Å². The van der Waals surface area contributed by atoms with E-state index in [0.717, 1.165) is 0 Å². The van der Waals surface area contributed by atoms with E-state index >= 15 is 0 Å². The van der Waals surface area contributed by atoms with Crippen LogP contribution in [0.3, 0.4) is 0 Å². The highest BCUT2D eigenvalue weighted by molar-refractivity contribution is 6.33. The fraction of sp³-hybridized carbons (Fsp3) is 0.200. The number of nitroso groups, excluding NO2 is 1. The Labute approximate surface area is 71.6 Å². The minimum absolute atomic E-state index is 0.428. The van der Waals surface area contributed by atoms with Crippen molar-refractivity contribution in [1.82, 2.24) is 9.97 Å². The van der Waals surface area contributed by atoms with Gasteiger partial charge >= 0.3 is 6.18 Å². The normalized spacial score (nSPS) is 11.3. The number of nitrogens with zero attached hydrogens (tertiary/aromatic N) is 3. The maximum atomic E-state index is 11.9. The zero-order valence-corrected chi connectivity index (χ0v) is 6.04. The fourth-order valence-corrected chi connectivity index (χ4v) is 0.592. The summed E-state index contributed by atoms with van der Waals surface area (Å²) in [7, 11) is 5.01. The molecule has 0 aliphatic heterocycles. The van der Waals surface area contributed by atoms with Gasteiger partial charge in [-0.3, -0.25) is 4.98 Å². The second-order valence-corrected chi connectivity index (χ2v) is 2.05. The Balaban J connectivity index is 3.21. The third kappa shape index (κ3) is 2.01. The third-order valence-electron chi connectivity index (χ3n) is 1.16. The summed E-state index contributed by atoms with van der Waals surface area (Å²) in [6, 6.07) is 0. The molecule has 0 fully saturated rings. The van der Waals surface area contributed by atoms with Crippen molar-refractivity contribution in [3.05, 3.63) is 16.8 Å². The van der Waals surface area contributed by atoms with Crippen molar-refractivity contribution in [2.45, 2.75) is 6.18 Å². The lowest BCUT2D eigenvalue weighted by atomic mass is 10.0. The average Bonchev–Trinajstić information content (AvgIpc) is 2.03. The number of rotatable bonds is 1. The van der Waals surface area contributed by atoms with Gasteiger partial charge in [0, 0.05) is 5.59 Å². The van der Waals surface area contributed by atoms with Crippen LogP contribution in [0.15, 0.2) is 11.4 Å². The molecule has 1 aromatic heterocycles. The van der Waals surface area contributed by atoms with E-state index in [4.69, 9.17) is 7.85 Å².